The second-order valence-corrected chi connectivity index (χ2v) is 11.0. The van der Waals surface area contributed by atoms with Crippen molar-refractivity contribution < 1.29 is 27.5 Å². The largest absolute Gasteiger partial charge is 0.496 e. The van der Waals surface area contributed by atoms with E-state index in [1.807, 2.05) is 0 Å². The van der Waals surface area contributed by atoms with Gasteiger partial charge in [0.1, 0.15) is 10.6 Å². The Labute approximate surface area is 185 Å². The van der Waals surface area contributed by atoms with Gasteiger partial charge in [-0.05, 0) is 44.7 Å². The molecule has 1 aliphatic carbocycles. The summed E-state index contributed by atoms with van der Waals surface area (Å²) in [7, 11) is -2.65. The summed E-state index contributed by atoms with van der Waals surface area (Å²) in [4.78, 5) is 36.4. The van der Waals surface area contributed by atoms with Crippen LogP contribution in [0.15, 0.2) is 23.1 Å². The zero-order valence-corrected chi connectivity index (χ0v) is 19.1. The minimum Gasteiger partial charge on any atom is -0.496 e. The third-order valence-electron chi connectivity index (χ3n) is 5.51. The van der Waals surface area contributed by atoms with Crippen molar-refractivity contribution in [2.24, 2.45) is 5.14 Å². The van der Waals surface area contributed by atoms with Gasteiger partial charge in [0.25, 0.3) is 11.8 Å². The molecule has 4 N–H and O–H groups in total. The van der Waals surface area contributed by atoms with Gasteiger partial charge in [0, 0.05) is 19.0 Å². The molecule has 1 spiro atoms. The van der Waals surface area contributed by atoms with Crippen LogP contribution in [0, 0.1) is 0 Å². The standard InChI is InChI=1S/C19H26N4O6S2/c1-11-18(26)23(19(30-11)8-6-13(7-9-19)21-12(2)24)22-17(25)15-5-4-14(31(20,27)28)10-16(15)29-3/h4-5,10-11,13H,6-9H2,1-3H3,(H,21,24)(H,22,25)(H2,20,27,28). The minimum absolute atomic E-state index is 0.0276. The van der Waals surface area contributed by atoms with Gasteiger partial charge in [-0.25, -0.2) is 18.6 Å². The molecule has 31 heavy (non-hydrogen) atoms. The maximum atomic E-state index is 13.0. The van der Waals surface area contributed by atoms with E-state index in [0.717, 1.165) is 0 Å². The van der Waals surface area contributed by atoms with Crippen molar-refractivity contribution >= 4 is 39.5 Å². The third-order valence-corrected chi connectivity index (χ3v) is 8.00. The van der Waals surface area contributed by atoms with E-state index in [9.17, 15) is 22.8 Å². The molecule has 2 aliphatic rings. The molecular formula is C19H26N4O6S2. The molecule has 2 fully saturated rings. The number of hydrogen-bond donors (Lipinski definition) is 3. The fourth-order valence-electron chi connectivity index (χ4n) is 4.01. The van der Waals surface area contributed by atoms with Gasteiger partial charge in [-0.2, -0.15) is 0 Å². The highest BCUT2D eigenvalue weighted by molar-refractivity contribution is 8.02. The van der Waals surface area contributed by atoms with E-state index in [4.69, 9.17) is 9.88 Å². The summed E-state index contributed by atoms with van der Waals surface area (Å²) in [6.07, 6.45) is 2.59. The van der Waals surface area contributed by atoms with Crippen LogP contribution in [0.3, 0.4) is 0 Å². The predicted molar refractivity (Wildman–Crippen MR) is 115 cm³/mol. The number of nitrogens with two attached hydrogens (primary N) is 1. The molecule has 0 radical (unpaired) electrons. The molecule has 1 aromatic carbocycles. The molecular weight excluding hydrogens is 444 g/mol. The number of benzene rings is 1. The molecule has 170 valence electrons. The predicted octanol–water partition coefficient (Wildman–Crippen LogP) is 0.726. The van der Waals surface area contributed by atoms with Gasteiger partial charge in [-0.15, -0.1) is 11.8 Å². The lowest BCUT2D eigenvalue weighted by atomic mass is 9.90. The summed E-state index contributed by atoms with van der Waals surface area (Å²) in [6.45, 7) is 3.27. The summed E-state index contributed by atoms with van der Waals surface area (Å²) in [5.41, 5.74) is 2.78. The number of thioether (sulfide) groups is 1. The van der Waals surface area contributed by atoms with Crippen molar-refractivity contribution in [1.29, 1.82) is 0 Å². The van der Waals surface area contributed by atoms with Crippen molar-refractivity contribution in [1.82, 2.24) is 15.8 Å². The number of hydrogen-bond acceptors (Lipinski definition) is 7. The van der Waals surface area contributed by atoms with Gasteiger partial charge >= 0.3 is 0 Å². The molecule has 1 aliphatic heterocycles. The number of nitrogens with zero attached hydrogens (tertiary/aromatic N) is 1. The van der Waals surface area contributed by atoms with Gasteiger partial charge in [0.15, 0.2) is 0 Å². The molecule has 3 rings (SSSR count). The second-order valence-electron chi connectivity index (χ2n) is 7.70. The molecule has 12 heteroatoms. The van der Waals surface area contributed by atoms with Gasteiger partial charge in [0.05, 0.1) is 22.8 Å². The summed E-state index contributed by atoms with van der Waals surface area (Å²) in [6, 6.07) is 3.72. The van der Waals surface area contributed by atoms with Crippen LogP contribution in [-0.4, -0.2) is 54.4 Å². The van der Waals surface area contributed by atoms with Crippen LogP contribution in [0.5, 0.6) is 5.75 Å². The number of carbonyl (C=O) groups is 3. The van der Waals surface area contributed by atoms with Gasteiger partial charge in [-0.3, -0.25) is 19.8 Å². The first-order valence-electron chi connectivity index (χ1n) is 9.77. The first kappa shape index (κ1) is 23.4. The molecule has 10 nitrogen and oxygen atoms in total. The topological polar surface area (TPSA) is 148 Å². The Bertz CT molecular complexity index is 1000. The molecule has 0 aromatic heterocycles. The van der Waals surface area contributed by atoms with Crippen LogP contribution >= 0.6 is 11.8 Å². The van der Waals surface area contributed by atoms with E-state index in [1.54, 1.807) is 6.92 Å². The van der Waals surface area contributed by atoms with Crippen molar-refractivity contribution in [2.75, 3.05) is 7.11 Å². The smallest absolute Gasteiger partial charge is 0.273 e. The number of amides is 3. The average molecular weight is 471 g/mol. The molecule has 0 bridgehead atoms. The lowest BCUT2D eigenvalue weighted by molar-refractivity contribution is -0.136. The highest BCUT2D eigenvalue weighted by atomic mass is 32.2. The fraction of sp³-hybridized carbons (Fsp3) is 0.526. The first-order valence-corrected chi connectivity index (χ1v) is 12.2. The minimum atomic E-state index is -3.96. The summed E-state index contributed by atoms with van der Waals surface area (Å²) in [5, 5.41) is 9.11. The maximum Gasteiger partial charge on any atom is 0.273 e. The Morgan fingerprint density at radius 3 is 2.48 bits per heavy atom. The van der Waals surface area contributed by atoms with E-state index in [1.165, 1.54) is 49.0 Å². The molecule has 1 aromatic rings. The fourth-order valence-corrected chi connectivity index (χ4v) is 6.12. The van der Waals surface area contributed by atoms with E-state index >= 15 is 0 Å². The average Bonchev–Trinajstić information content (AvgIpc) is 2.92. The van der Waals surface area contributed by atoms with Gasteiger partial charge in [-0.1, -0.05) is 0 Å². The number of nitrogens with one attached hydrogen (secondary N) is 2. The van der Waals surface area contributed by atoms with Crippen LogP contribution in [0.25, 0.3) is 0 Å². The first-order chi connectivity index (χ1) is 14.5. The van der Waals surface area contributed by atoms with Gasteiger partial charge in [0.2, 0.25) is 15.9 Å². The van der Waals surface area contributed by atoms with Crippen LogP contribution in [0.2, 0.25) is 0 Å². The lowest BCUT2D eigenvalue weighted by Crippen LogP contribution is -2.57. The van der Waals surface area contributed by atoms with Crippen molar-refractivity contribution in [2.45, 2.75) is 60.6 Å². The van der Waals surface area contributed by atoms with E-state index in [2.05, 4.69) is 10.7 Å². The zero-order valence-electron chi connectivity index (χ0n) is 17.5. The Kier molecular flexibility index (Phi) is 6.53. The molecule has 1 atom stereocenters. The normalized spacial score (nSPS) is 26.1. The summed E-state index contributed by atoms with van der Waals surface area (Å²) >= 11 is 1.50. The van der Waals surface area contributed by atoms with Crippen LogP contribution in [0.1, 0.15) is 49.9 Å². The third kappa shape index (κ3) is 4.80. The number of ether oxygens (including phenoxy) is 1. The lowest BCUT2D eigenvalue weighted by Gasteiger charge is -2.42. The van der Waals surface area contributed by atoms with E-state index < -0.39 is 20.8 Å². The molecule has 3 amide bonds. The van der Waals surface area contributed by atoms with Crippen molar-refractivity contribution in [3.63, 3.8) is 0 Å². The molecule has 1 unspecified atom stereocenters. The highest BCUT2D eigenvalue weighted by Gasteiger charge is 2.52. The molecule has 1 heterocycles. The molecule has 1 saturated carbocycles. The number of methoxy groups -OCH3 is 1. The maximum absolute atomic E-state index is 13.0. The highest BCUT2D eigenvalue weighted by Crippen LogP contribution is 2.49. The number of rotatable bonds is 5. The van der Waals surface area contributed by atoms with Crippen LogP contribution < -0.4 is 20.6 Å². The van der Waals surface area contributed by atoms with E-state index in [-0.39, 0.29) is 39.3 Å². The monoisotopic (exact) mass is 470 g/mol. The van der Waals surface area contributed by atoms with E-state index in [0.29, 0.717) is 25.7 Å². The van der Waals surface area contributed by atoms with Crippen molar-refractivity contribution in [3.05, 3.63) is 23.8 Å². The SMILES string of the molecule is COc1cc(S(N)(=O)=O)ccc1C(=O)NN1C(=O)C(C)SC12CCC(NC(C)=O)CC2. The number of sulfonamides is 1. The Hall–Kier alpha value is -2.31. The quantitative estimate of drug-likeness (QED) is 0.574. The molecule has 1 saturated heterocycles. The second kappa shape index (κ2) is 8.67. The Morgan fingerprint density at radius 2 is 1.94 bits per heavy atom. The van der Waals surface area contributed by atoms with Crippen LogP contribution in [-0.2, 0) is 19.6 Å². The zero-order chi connectivity index (χ0) is 23.0. The van der Waals surface area contributed by atoms with Gasteiger partial charge < -0.3 is 10.1 Å². The number of carbonyl (C=O) groups excluding carboxylic acids is 3. The Morgan fingerprint density at radius 1 is 1.29 bits per heavy atom. The summed E-state index contributed by atoms with van der Waals surface area (Å²) < 4.78 is 28.3. The number of primary sulfonamides is 1. The summed E-state index contributed by atoms with van der Waals surface area (Å²) in [5.74, 6) is -0.870. The van der Waals surface area contributed by atoms with Crippen molar-refractivity contribution in [3.8, 4) is 5.75 Å². The van der Waals surface area contributed by atoms with Crippen LogP contribution in [0.4, 0.5) is 0 Å². The Balaban J connectivity index is 1.82. The number of hydrazine groups is 1.